The lowest BCUT2D eigenvalue weighted by Crippen LogP contribution is -2.87. The van der Waals surface area contributed by atoms with Crippen molar-refractivity contribution in [1.82, 2.24) is 0 Å². The van der Waals surface area contributed by atoms with Crippen LogP contribution in [0.15, 0.2) is 30.3 Å². The molecule has 0 unspecified atom stereocenters. The lowest BCUT2D eigenvalue weighted by molar-refractivity contribution is -0.690. The summed E-state index contributed by atoms with van der Waals surface area (Å²) in [6, 6.07) is 10.6. The first-order valence-electron chi connectivity index (χ1n) is 8.60. The second-order valence-electron chi connectivity index (χ2n) is 6.00. The number of benzene rings is 2. The molecule has 3 rings (SSSR count). The molecule has 0 aliphatic carbocycles. The van der Waals surface area contributed by atoms with Gasteiger partial charge in [-0.25, -0.2) is 0 Å². The van der Waals surface area contributed by atoms with Gasteiger partial charge in [0.25, 0.3) is 0 Å². The van der Waals surface area contributed by atoms with Crippen molar-refractivity contribution in [1.29, 1.82) is 0 Å². The number of rotatable bonds is 6. The molecule has 2 aromatic carbocycles. The van der Waals surface area contributed by atoms with E-state index in [0.717, 1.165) is 36.0 Å². The van der Waals surface area contributed by atoms with Gasteiger partial charge in [0.05, 0.1) is 34.5 Å². The predicted molar refractivity (Wildman–Crippen MR) is 96.0 cm³/mol. The maximum absolute atomic E-state index is 5.63. The van der Waals surface area contributed by atoms with Crippen molar-refractivity contribution in [3.8, 4) is 23.0 Å². The van der Waals surface area contributed by atoms with Crippen molar-refractivity contribution in [3.63, 3.8) is 0 Å². The Morgan fingerprint density at radius 1 is 0.920 bits per heavy atom. The number of ether oxygens (including phenoxy) is 4. The molecule has 0 radical (unpaired) electrons. The lowest BCUT2D eigenvalue weighted by Gasteiger charge is -2.26. The molecule has 5 heteroatoms. The molecule has 0 bridgehead atoms. The summed E-state index contributed by atoms with van der Waals surface area (Å²) >= 11 is 0. The van der Waals surface area contributed by atoms with Gasteiger partial charge in [0.15, 0.2) is 23.0 Å². The Hall–Kier alpha value is -2.40. The molecule has 1 aliphatic heterocycles. The Balaban J connectivity index is 2.03. The summed E-state index contributed by atoms with van der Waals surface area (Å²) in [6.07, 6.45) is 1.01. The number of nitrogens with two attached hydrogens (primary N) is 1. The summed E-state index contributed by atoms with van der Waals surface area (Å²) < 4.78 is 22.1. The average Bonchev–Trinajstić information content (AvgIpc) is 2.66. The van der Waals surface area contributed by atoms with Crippen molar-refractivity contribution >= 4 is 0 Å². The van der Waals surface area contributed by atoms with E-state index in [1.165, 1.54) is 16.7 Å². The van der Waals surface area contributed by atoms with Gasteiger partial charge in [-0.1, -0.05) is 0 Å². The summed E-state index contributed by atoms with van der Waals surface area (Å²) in [6.45, 7) is 3.62. The normalized spacial score (nSPS) is 16.1. The van der Waals surface area contributed by atoms with Crippen LogP contribution in [0.25, 0.3) is 0 Å². The zero-order chi connectivity index (χ0) is 17.8. The first-order chi connectivity index (χ1) is 12.2. The molecule has 2 aromatic rings. The van der Waals surface area contributed by atoms with Gasteiger partial charge in [0.1, 0.15) is 6.04 Å². The van der Waals surface area contributed by atoms with Crippen LogP contribution in [-0.2, 0) is 6.42 Å². The van der Waals surface area contributed by atoms with E-state index in [2.05, 4.69) is 29.6 Å². The Kier molecular flexibility index (Phi) is 5.34. The van der Waals surface area contributed by atoms with Crippen LogP contribution in [0.3, 0.4) is 0 Å². The number of quaternary nitrogens is 1. The molecule has 5 nitrogen and oxygen atoms in total. The lowest BCUT2D eigenvalue weighted by atomic mass is 9.89. The predicted octanol–water partition coefficient (Wildman–Crippen LogP) is 2.32. The van der Waals surface area contributed by atoms with Gasteiger partial charge in [-0.15, -0.1) is 0 Å². The second-order valence-corrected chi connectivity index (χ2v) is 6.00. The number of fused-ring (bicyclic) bond motifs is 1. The van der Waals surface area contributed by atoms with Crippen LogP contribution < -0.4 is 24.3 Å². The molecule has 0 spiro atoms. The SMILES string of the molecule is CCOc1ccc([C@@H]2[NH2+]CCc3cc(OC)c(OC)cc32)cc1OC. The minimum Gasteiger partial charge on any atom is -0.493 e. The highest BCUT2D eigenvalue weighted by atomic mass is 16.5. The summed E-state index contributed by atoms with van der Waals surface area (Å²) in [5.41, 5.74) is 3.75. The maximum atomic E-state index is 5.63. The molecule has 1 aliphatic rings. The molecule has 0 amide bonds. The van der Waals surface area contributed by atoms with Gasteiger partial charge < -0.3 is 24.3 Å². The van der Waals surface area contributed by atoms with Crippen LogP contribution in [0.1, 0.15) is 29.7 Å². The van der Waals surface area contributed by atoms with E-state index in [1.807, 2.05) is 13.0 Å². The third-order valence-corrected chi connectivity index (χ3v) is 4.64. The highest BCUT2D eigenvalue weighted by Crippen LogP contribution is 2.37. The summed E-state index contributed by atoms with van der Waals surface area (Å²) in [7, 11) is 5.02. The van der Waals surface area contributed by atoms with Gasteiger partial charge in [-0.05, 0) is 42.8 Å². The third kappa shape index (κ3) is 3.37. The molecule has 2 N–H and O–H groups in total. The Bertz CT molecular complexity index is 745. The van der Waals surface area contributed by atoms with Crippen molar-refractivity contribution in [2.75, 3.05) is 34.5 Å². The Morgan fingerprint density at radius 3 is 2.28 bits per heavy atom. The fourth-order valence-corrected chi connectivity index (χ4v) is 3.44. The maximum Gasteiger partial charge on any atom is 0.161 e. The van der Waals surface area contributed by atoms with Crippen LogP contribution in [0.5, 0.6) is 23.0 Å². The molecule has 0 fully saturated rings. The van der Waals surface area contributed by atoms with Gasteiger partial charge in [-0.3, -0.25) is 0 Å². The minimum absolute atomic E-state index is 0.202. The van der Waals surface area contributed by atoms with Crippen LogP contribution in [0, 0.1) is 0 Å². The van der Waals surface area contributed by atoms with Gasteiger partial charge in [-0.2, -0.15) is 0 Å². The molecule has 0 saturated heterocycles. The number of hydrogen-bond acceptors (Lipinski definition) is 4. The average molecular weight is 344 g/mol. The van der Waals surface area contributed by atoms with Gasteiger partial charge in [0.2, 0.25) is 0 Å². The highest BCUT2D eigenvalue weighted by molar-refractivity contribution is 5.52. The summed E-state index contributed by atoms with van der Waals surface area (Å²) in [5.74, 6) is 3.09. The molecule has 1 atom stereocenters. The van der Waals surface area contributed by atoms with Gasteiger partial charge in [0, 0.05) is 17.5 Å². The standard InChI is InChI=1S/C20H25NO4/c1-5-25-16-7-6-14(11-17(16)22-2)20-15-12-19(24-4)18(23-3)10-13(15)8-9-21-20/h6-7,10-12,20-21H,5,8-9H2,1-4H3/p+1/t20-/m0/s1. The van der Waals surface area contributed by atoms with Crippen LogP contribution in [0.4, 0.5) is 0 Å². The van der Waals surface area contributed by atoms with Crippen LogP contribution in [0.2, 0.25) is 0 Å². The van der Waals surface area contributed by atoms with E-state index in [-0.39, 0.29) is 6.04 Å². The molecule has 0 aromatic heterocycles. The van der Waals surface area contributed by atoms with Crippen LogP contribution >= 0.6 is 0 Å². The largest absolute Gasteiger partial charge is 0.493 e. The summed E-state index contributed by atoms with van der Waals surface area (Å²) in [4.78, 5) is 0. The number of hydrogen-bond donors (Lipinski definition) is 1. The molecule has 0 saturated carbocycles. The van der Waals surface area contributed by atoms with Gasteiger partial charge >= 0.3 is 0 Å². The fourth-order valence-electron chi connectivity index (χ4n) is 3.44. The molecule has 25 heavy (non-hydrogen) atoms. The quantitative estimate of drug-likeness (QED) is 0.874. The first kappa shape index (κ1) is 17.4. The first-order valence-corrected chi connectivity index (χ1v) is 8.60. The Morgan fingerprint density at radius 2 is 1.60 bits per heavy atom. The van der Waals surface area contributed by atoms with E-state index in [4.69, 9.17) is 18.9 Å². The number of methoxy groups -OCH3 is 3. The fraction of sp³-hybridized carbons (Fsp3) is 0.400. The van der Waals surface area contributed by atoms with E-state index in [1.54, 1.807) is 21.3 Å². The zero-order valence-corrected chi connectivity index (χ0v) is 15.3. The minimum atomic E-state index is 0.202. The van der Waals surface area contributed by atoms with Crippen molar-refractivity contribution in [2.24, 2.45) is 0 Å². The van der Waals surface area contributed by atoms with Crippen LogP contribution in [-0.4, -0.2) is 34.5 Å². The van der Waals surface area contributed by atoms with Crippen molar-refractivity contribution in [2.45, 2.75) is 19.4 Å². The molecule has 134 valence electrons. The van der Waals surface area contributed by atoms with Crippen molar-refractivity contribution in [3.05, 3.63) is 47.0 Å². The Labute approximate surface area is 148 Å². The van der Waals surface area contributed by atoms with E-state index in [9.17, 15) is 0 Å². The zero-order valence-electron chi connectivity index (χ0n) is 15.3. The summed E-state index contributed by atoms with van der Waals surface area (Å²) in [5, 5.41) is 2.35. The van der Waals surface area contributed by atoms with Crippen molar-refractivity contribution < 1.29 is 24.3 Å². The van der Waals surface area contributed by atoms with E-state index >= 15 is 0 Å². The third-order valence-electron chi connectivity index (χ3n) is 4.64. The molecule has 1 heterocycles. The smallest absolute Gasteiger partial charge is 0.161 e. The molecular formula is C20H26NO4+. The van der Waals surface area contributed by atoms with E-state index < -0.39 is 0 Å². The second kappa shape index (κ2) is 7.66. The monoisotopic (exact) mass is 344 g/mol. The highest BCUT2D eigenvalue weighted by Gasteiger charge is 2.28. The topological polar surface area (TPSA) is 53.5 Å². The van der Waals surface area contributed by atoms with E-state index in [0.29, 0.717) is 6.61 Å². The molecular weight excluding hydrogens is 318 g/mol.